The minimum atomic E-state index is -0.200. The Balaban J connectivity index is 1.64. The van der Waals surface area contributed by atoms with Crippen LogP contribution in [-0.4, -0.2) is 24.1 Å². The molecule has 0 saturated carbocycles. The molecular weight excluding hydrogens is 380 g/mol. The average Bonchev–Trinajstić information content (AvgIpc) is 2.93. The van der Waals surface area contributed by atoms with Crippen LogP contribution in [0, 0.1) is 0 Å². The Morgan fingerprint density at radius 2 is 1.91 bits per heavy atom. The summed E-state index contributed by atoms with van der Waals surface area (Å²) in [5.41, 5.74) is 1.35. The van der Waals surface area contributed by atoms with Gasteiger partial charge in [0.05, 0.1) is 15.8 Å². The number of carbonyl (C=O) groups excluding carboxylic acids is 1. The van der Waals surface area contributed by atoms with Crippen molar-refractivity contribution in [2.45, 2.75) is 0 Å². The third-order valence-electron chi connectivity index (χ3n) is 3.39. The first-order valence-electron chi connectivity index (χ1n) is 6.97. The lowest BCUT2D eigenvalue weighted by molar-refractivity contribution is 0.102. The molecule has 23 heavy (non-hydrogen) atoms. The highest BCUT2D eigenvalue weighted by Crippen LogP contribution is 2.38. The van der Waals surface area contributed by atoms with Crippen LogP contribution in [0.3, 0.4) is 0 Å². The van der Waals surface area contributed by atoms with Crippen LogP contribution < -0.4 is 14.8 Å². The lowest BCUT2D eigenvalue weighted by atomic mass is 10.2. The summed E-state index contributed by atoms with van der Waals surface area (Å²) in [4.78, 5) is 16.8. The molecule has 116 valence electrons. The molecule has 1 aliphatic rings. The number of amides is 1. The number of nitrogens with zero attached hydrogens (tertiary/aromatic N) is 1. The molecule has 5 nitrogen and oxygen atoms in total. The second kappa shape index (κ2) is 5.82. The third-order valence-corrected chi connectivity index (χ3v) is 5.02. The number of hydrogen-bond donors (Lipinski definition) is 1. The number of rotatable bonds is 2. The van der Waals surface area contributed by atoms with Crippen LogP contribution in [0.15, 0.2) is 40.9 Å². The van der Waals surface area contributed by atoms with E-state index in [2.05, 4.69) is 26.2 Å². The van der Waals surface area contributed by atoms with Crippen molar-refractivity contribution in [2.75, 3.05) is 18.5 Å². The van der Waals surface area contributed by atoms with E-state index in [1.165, 1.54) is 11.3 Å². The van der Waals surface area contributed by atoms with Gasteiger partial charge in [0.25, 0.3) is 5.91 Å². The molecule has 7 heteroatoms. The fraction of sp³-hybridized carbons (Fsp3) is 0.125. The molecule has 1 amide bonds. The highest BCUT2D eigenvalue weighted by Gasteiger charge is 2.17. The fourth-order valence-electron chi connectivity index (χ4n) is 2.33. The number of nitrogens with one attached hydrogen (secondary N) is 1. The minimum Gasteiger partial charge on any atom is -0.486 e. The van der Waals surface area contributed by atoms with Crippen molar-refractivity contribution in [2.24, 2.45) is 0 Å². The van der Waals surface area contributed by atoms with Gasteiger partial charge in [-0.25, -0.2) is 4.98 Å². The Hall–Kier alpha value is -2.12. The monoisotopic (exact) mass is 390 g/mol. The van der Waals surface area contributed by atoms with Crippen molar-refractivity contribution in [1.29, 1.82) is 0 Å². The van der Waals surface area contributed by atoms with Gasteiger partial charge in [0.1, 0.15) is 13.2 Å². The van der Waals surface area contributed by atoms with Gasteiger partial charge in [0.15, 0.2) is 16.6 Å². The zero-order chi connectivity index (χ0) is 15.8. The van der Waals surface area contributed by atoms with Crippen LogP contribution in [-0.2, 0) is 0 Å². The average molecular weight is 391 g/mol. The molecule has 0 unspecified atom stereocenters. The second-order valence-electron chi connectivity index (χ2n) is 4.92. The van der Waals surface area contributed by atoms with Crippen LogP contribution in [0.4, 0.5) is 5.13 Å². The molecule has 0 saturated heterocycles. The number of aromatic nitrogens is 1. The fourth-order valence-corrected chi connectivity index (χ4v) is 3.66. The summed E-state index contributed by atoms with van der Waals surface area (Å²) in [5.74, 6) is 1.21. The third kappa shape index (κ3) is 2.77. The zero-order valence-corrected chi connectivity index (χ0v) is 14.2. The number of thiazole rings is 1. The molecule has 0 aliphatic carbocycles. The first-order valence-corrected chi connectivity index (χ1v) is 8.58. The van der Waals surface area contributed by atoms with Gasteiger partial charge in [-0.05, 0) is 28.1 Å². The van der Waals surface area contributed by atoms with Gasteiger partial charge in [-0.3, -0.25) is 10.1 Å². The van der Waals surface area contributed by atoms with Crippen molar-refractivity contribution >= 4 is 48.5 Å². The smallest absolute Gasteiger partial charge is 0.258 e. The SMILES string of the molecule is O=C(Nc1nc2cc3c(cc2s1)OCCO3)c1ccccc1Br. The molecule has 0 bridgehead atoms. The highest BCUT2D eigenvalue weighted by atomic mass is 79.9. The zero-order valence-electron chi connectivity index (χ0n) is 11.8. The van der Waals surface area contributed by atoms with E-state index in [9.17, 15) is 4.79 Å². The normalized spacial score (nSPS) is 13.1. The van der Waals surface area contributed by atoms with Crippen LogP contribution in [0.2, 0.25) is 0 Å². The van der Waals surface area contributed by atoms with Gasteiger partial charge in [-0.1, -0.05) is 23.5 Å². The molecule has 0 atom stereocenters. The van der Waals surface area contributed by atoms with E-state index in [-0.39, 0.29) is 5.91 Å². The van der Waals surface area contributed by atoms with E-state index in [0.29, 0.717) is 29.7 Å². The number of anilines is 1. The van der Waals surface area contributed by atoms with Crippen molar-refractivity contribution in [3.8, 4) is 11.5 Å². The second-order valence-corrected chi connectivity index (χ2v) is 6.80. The highest BCUT2D eigenvalue weighted by molar-refractivity contribution is 9.10. The van der Waals surface area contributed by atoms with Crippen molar-refractivity contribution in [3.63, 3.8) is 0 Å². The van der Waals surface area contributed by atoms with E-state index in [0.717, 1.165) is 20.4 Å². The molecule has 0 radical (unpaired) electrons. The van der Waals surface area contributed by atoms with Gasteiger partial charge in [0, 0.05) is 16.6 Å². The van der Waals surface area contributed by atoms with Crippen LogP contribution in [0.5, 0.6) is 11.5 Å². The Morgan fingerprint density at radius 3 is 2.70 bits per heavy atom. The summed E-state index contributed by atoms with van der Waals surface area (Å²) in [6.07, 6.45) is 0. The molecule has 0 spiro atoms. The molecule has 2 heterocycles. The predicted octanol–water partition coefficient (Wildman–Crippen LogP) is 4.08. The summed E-state index contributed by atoms with van der Waals surface area (Å²) in [6, 6.07) is 11.0. The Morgan fingerprint density at radius 1 is 1.17 bits per heavy atom. The maximum Gasteiger partial charge on any atom is 0.258 e. The first kappa shape index (κ1) is 14.5. The quantitative estimate of drug-likeness (QED) is 0.715. The van der Waals surface area contributed by atoms with Crippen molar-refractivity contribution in [1.82, 2.24) is 4.98 Å². The Labute approximate surface area is 144 Å². The van der Waals surface area contributed by atoms with E-state index in [1.54, 1.807) is 6.07 Å². The molecule has 4 rings (SSSR count). The number of halogens is 1. The molecular formula is C16H11BrN2O3S. The van der Waals surface area contributed by atoms with Crippen LogP contribution in [0.1, 0.15) is 10.4 Å². The molecule has 1 N–H and O–H groups in total. The van der Waals surface area contributed by atoms with E-state index < -0.39 is 0 Å². The Kier molecular flexibility index (Phi) is 3.66. The summed E-state index contributed by atoms with van der Waals surface area (Å²) in [7, 11) is 0. The summed E-state index contributed by atoms with van der Waals surface area (Å²) < 4.78 is 12.8. The number of fused-ring (bicyclic) bond motifs is 2. The molecule has 0 fully saturated rings. The number of carbonyl (C=O) groups is 1. The van der Waals surface area contributed by atoms with Crippen molar-refractivity contribution < 1.29 is 14.3 Å². The lowest BCUT2D eigenvalue weighted by Crippen LogP contribution is -2.15. The Bertz CT molecular complexity index is 866. The first-order chi connectivity index (χ1) is 11.2. The molecule has 2 aromatic carbocycles. The van der Waals surface area contributed by atoms with Gasteiger partial charge in [0.2, 0.25) is 0 Å². The molecule has 1 aliphatic heterocycles. The maximum absolute atomic E-state index is 12.3. The largest absolute Gasteiger partial charge is 0.486 e. The number of benzene rings is 2. The minimum absolute atomic E-state index is 0.200. The van der Waals surface area contributed by atoms with E-state index >= 15 is 0 Å². The van der Waals surface area contributed by atoms with Gasteiger partial charge < -0.3 is 9.47 Å². The topological polar surface area (TPSA) is 60.5 Å². The van der Waals surface area contributed by atoms with E-state index in [1.807, 2.05) is 30.3 Å². The summed E-state index contributed by atoms with van der Waals surface area (Å²) >= 11 is 4.78. The lowest BCUT2D eigenvalue weighted by Gasteiger charge is -2.17. The van der Waals surface area contributed by atoms with Gasteiger partial charge in [-0.2, -0.15) is 0 Å². The molecule has 1 aromatic heterocycles. The standard InChI is InChI=1S/C16H11BrN2O3S/c17-10-4-2-1-3-9(10)15(20)19-16-18-11-7-12-13(8-14(11)23-16)22-6-5-21-12/h1-4,7-8H,5-6H2,(H,18,19,20). The van der Waals surface area contributed by atoms with Crippen LogP contribution >= 0.6 is 27.3 Å². The van der Waals surface area contributed by atoms with Gasteiger partial charge in [-0.15, -0.1) is 0 Å². The predicted molar refractivity (Wildman–Crippen MR) is 92.7 cm³/mol. The van der Waals surface area contributed by atoms with Gasteiger partial charge >= 0.3 is 0 Å². The summed E-state index contributed by atoms with van der Waals surface area (Å²) in [6.45, 7) is 1.08. The maximum atomic E-state index is 12.3. The molecule has 3 aromatic rings. The van der Waals surface area contributed by atoms with Crippen molar-refractivity contribution in [3.05, 3.63) is 46.4 Å². The summed E-state index contributed by atoms with van der Waals surface area (Å²) in [5, 5.41) is 3.38. The number of hydrogen-bond acceptors (Lipinski definition) is 5. The number of ether oxygens (including phenoxy) is 2. The van der Waals surface area contributed by atoms with Crippen LogP contribution in [0.25, 0.3) is 10.2 Å². The van der Waals surface area contributed by atoms with E-state index in [4.69, 9.17) is 9.47 Å².